The number of amides is 3. The molecule has 7 N–H and O–H groups in total. The van der Waals surface area contributed by atoms with Gasteiger partial charge in [0.15, 0.2) is 17.3 Å². The molecular formula is C55H81BN4O10. The molecule has 6 rings (SSSR count). The Labute approximate surface area is 416 Å². The molecule has 2 bridgehead atoms. The van der Waals surface area contributed by atoms with Gasteiger partial charge >= 0.3 is 7.12 Å². The average Bonchev–Trinajstić information content (AvgIpc) is 3.69. The number of carbonyl (C=O) groups excluding carboxylic acids is 7. The highest BCUT2D eigenvalue weighted by Gasteiger charge is 2.68. The van der Waals surface area contributed by atoms with Crippen LogP contribution in [0, 0.1) is 29.1 Å². The predicted octanol–water partition coefficient (Wildman–Crippen LogP) is 7.43. The molecule has 3 amide bonds. The molecule has 70 heavy (non-hydrogen) atoms. The van der Waals surface area contributed by atoms with E-state index in [1.54, 1.807) is 19.1 Å². The molecule has 0 spiro atoms. The number of ketones is 4. The number of hydrogen-bond donors (Lipinski definition) is 5. The summed E-state index contributed by atoms with van der Waals surface area (Å²) < 4.78 is 13.1. The second kappa shape index (κ2) is 25.7. The summed E-state index contributed by atoms with van der Waals surface area (Å²) in [6.45, 7) is 14.2. The van der Waals surface area contributed by atoms with Crippen LogP contribution in [0.25, 0.3) is 11.1 Å². The normalized spacial score (nSPS) is 22.6. The van der Waals surface area contributed by atoms with Crippen molar-refractivity contribution >= 4 is 48.0 Å². The predicted molar refractivity (Wildman–Crippen MR) is 271 cm³/mol. The number of primary amides is 1. The Bertz CT molecular complexity index is 2130. The van der Waals surface area contributed by atoms with Gasteiger partial charge in [0.05, 0.1) is 30.3 Å². The van der Waals surface area contributed by atoms with E-state index in [4.69, 9.17) is 20.8 Å². The van der Waals surface area contributed by atoms with E-state index in [0.29, 0.717) is 56.0 Å². The van der Waals surface area contributed by atoms with Crippen LogP contribution in [0.4, 0.5) is 0 Å². The molecule has 384 valence electrons. The van der Waals surface area contributed by atoms with Crippen LogP contribution in [0.1, 0.15) is 167 Å². The first kappa shape index (κ1) is 56.4. The number of hydrogen-bond acceptors (Lipinski definition) is 11. The molecule has 1 saturated heterocycles. The Hall–Kier alpha value is -4.57. The van der Waals surface area contributed by atoms with Crippen molar-refractivity contribution in [3.63, 3.8) is 0 Å². The molecule has 0 radical (unpaired) electrons. The van der Waals surface area contributed by atoms with Gasteiger partial charge in [0.2, 0.25) is 17.7 Å². The standard InChI is InChI=1S/C55H81BN4O10/c1-8-11-15-35-19-21-37(22-20-35)38-23-25-39(26-24-38)45(63)18-14-17-43(62)28-40(16-12-13-27-57)53(68)60-51(34(4)61)47(65)29-36(9-2)52(67)59-44(33-50(58)66)46(64)32-42(10-3)56-69-49-31-41-30-48(54(41,5)6)55(49,7)70-56/h19-26,34,36,40-42,44,48-49,51,61H,8-18,27-33,57H2,1-7H3,(H2,58,66)(H,59,67)(H,60,68)/t34-,36-,40-,41+,42-,44+,48+,49?,51+,55+/m1/s1. The highest BCUT2D eigenvalue weighted by Crippen LogP contribution is 2.66. The number of Topliss-reactive ketones (excluding diaryl/α,β-unsaturated/α-hetero) is 4. The number of benzene rings is 2. The minimum Gasteiger partial charge on any atom is -0.405 e. The van der Waals surface area contributed by atoms with Crippen molar-refractivity contribution in [2.75, 3.05) is 6.54 Å². The number of unbranched alkanes of at least 4 members (excludes halogenated alkanes) is 2. The van der Waals surface area contributed by atoms with Crippen LogP contribution in [-0.4, -0.2) is 89.5 Å². The fourth-order valence-corrected chi connectivity index (χ4v) is 11.1. The van der Waals surface area contributed by atoms with Gasteiger partial charge in [-0.3, -0.25) is 33.6 Å². The molecule has 4 fully saturated rings. The molecule has 1 unspecified atom stereocenters. The Balaban J connectivity index is 1.13. The molecule has 3 aliphatic carbocycles. The van der Waals surface area contributed by atoms with Gasteiger partial charge < -0.3 is 36.5 Å². The SMILES string of the molecule is CCCCc1ccc(-c2ccc(C(=O)CCCC(=O)C[C@@H](CCCCN)C(=O)N[C@H](C(=O)C[C@@H](CC)C(=O)N[C@@H](CC(N)=O)C(=O)C[C@@H](CC)B3OC4C[C@@H]5C[C@@H](C5(C)C)[C@]4(C)O3)[C@@H](C)O)cc2)cc1. The van der Waals surface area contributed by atoms with Crippen LogP contribution in [0.15, 0.2) is 48.5 Å². The molecule has 2 aromatic carbocycles. The summed E-state index contributed by atoms with van der Waals surface area (Å²) in [4.78, 5) is 94.0. The number of nitrogens with two attached hydrogens (primary N) is 2. The maximum absolute atomic E-state index is 13.9. The summed E-state index contributed by atoms with van der Waals surface area (Å²) in [5, 5.41) is 16.1. The number of aliphatic hydroxyl groups excluding tert-OH is 1. The van der Waals surface area contributed by atoms with E-state index in [2.05, 4.69) is 62.6 Å². The van der Waals surface area contributed by atoms with Crippen molar-refractivity contribution in [3.05, 3.63) is 59.7 Å². The molecule has 1 heterocycles. The van der Waals surface area contributed by atoms with E-state index in [1.807, 2.05) is 19.1 Å². The Morgan fingerprint density at radius 2 is 1.43 bits per heavy atom. The number of nitrogens with one attached hydrogen (secondary N) is 2. The summed E-state index contributed by atoms with van der Waals surface area (Å²) in [5.41, 5.74) is 14.9. The molecule has 15 heteroatoms. The van der Waals surface area contributed by atoms with Crippen LogP contribution in [0.2, 0.25) is 5.82 Å². The number of aryl methyl sites for hydroxylation is 1. The highest BCUT2D eigenvalue weighted by molar-refractivity contribution is 6.47. The fraction of sp³-hybridized carbons (Fsp3) is 0.655. The van der Waals surface area contributed by atoms with Gasteiger partial charge in [0.25, 0.3) is 0 Å². The third-order valence-electron chi connectivity index (χ3n) is 15.9. The quantitative estimate of drug-likeness (QED) is 0.0283. The van der Waals surface area contributed by atoms with Gasteiger partial charge in [0.1, 0.15) is 11.8 Å². The van der Waals surface area contributed by atoms with E-state index in [9.17, 15) is 38.7 Å². The third kappa shape index (κ3) is 14.3. The van der Waals surface area contributed by atoms with Gasteiger partial charge in [-0.05, 0) is 106 Å². The number of carbonyl (C=O) groups is 7. The first-order valence-electron chi connectivity index (χ1n) is 26.2. The van der Waals surface area contributed by atoms with Crippen molar-refractivity contribution in [2.24, 2.45) is 40.6 Å². The van der Waals surface area contributed by atoms with Crippen LogP contribution >= 0.6 is 0 Å². The van der Waals surface area contributed by atoms with Crippen molar-refractivity contribution in [3.8, 4) is 11.1 Å². The van der Waals surface area contributed by atoms with E-state index in [-0.39, 0.29) is 67.4 Å². The van der Waals surface area contributed by atoms with Crippen LogP contribution in [-0.2, 0) is 44.5 Å². The van der Waals surface area contributed by atoms with Gasteiger partial charge in [-0.1, -0.05) is 102 Å². The lowest BCUT2D eigenvalue weighted by Gasteiger charge is -2.64. The summed E-state index contributed by atoms with van der Waals surface area (Å²) in [6.07, 6.45) is 5.69. The van der Waals surface area contributed by atoms with Crippen molar-refractivity contribution in [1.82, 2.24) is 10.6 Å². The minimum absolute atomic E-state index is 0.0253. The fourth-order valence-electron chi connectivity index (χ4n) is 11.1. The van der Waals surface area contributed by atoms with Gasteiger partial charge in [-0.2, -0.15) is 0 Å². The van der Waals surface area contributed by atoms with Gasteiger partial charge in [0, 0.05) is 55.3 Å². The zero-order valence-corrected chi connectivity index (χ0v) is 42.9. The minimum atomic E-state index is -1.39. The second-order valence-corrected chi connectivity index (χ2v) is 21.3. The lowest BCUT2D eigenvalue weighted by Crippen LogP contribution is -2.65. The Kier molecular flexibility index (Phi) is 20.7. The average molecular weight is 969 g/mol. The van der Waals surface area contributed by atoms with E-state index in [1.165, 1.54) is 12.5 Å². The largest absolute Gasteiger partial charge is 0.461 e. The monoisotopic (exact) mass is 969 g/mol. The lowest BCUT2D eigenvalue weighted by molar-refractivity contribution is -0.199. The number of aliphatic hydroxyl groups is 1. The van der Waals surface area contributed by atoms with Gasteiger partial charge in [-0.25, -0.2) is 0 Å². The third-order valence-corrected chi connectivity index (χ3v) is 15.9. The van der Waals surface area contributed by atoms with E-state index >= 15 is 0 Å². The zero-order valence-electron chi connectivity index (χ0n) is 42.9. The summed E-state index contributed by atoms with van der Waals surface area (Å²) >= 11 is 0. The van der Waals surface area contributed by atoms with Gasteiger partial charge in [-0.15, -0.1) is 0 Å². The maximum Gasteiger partial charge on any atom is 0.461 e. The van der Waals surface area contributed by atoms with Crippen LogP contribution in [0.3, 0.4) is 0 Å². The zero-order chi connectivity index (χ0) is 51.3. The molecular weight excluding hydrogens is 887 g/mol. The smallest absolute Gasteiger partial charge is 0.405 e. The van der Waals surface area contributed by atoms with Crippen molar-refractivity contribution in [2.45, 2.75) is 193 Å². The summed E-state index contributed by atoms with van der Waals surface area (Å²) in [6, 6.07) is 13.3. The second-order valence-electron chi connectivity index (χ2n) is 21.3. The Morgan fingerprint density at radius 3 is 2.01 bits per heavy atom. The van der Waals surface area contributed by atoms with Crippen LogP contribution < -0.4 is 22.1 Å². The molecule has 0 aromatic heterocycles. The van der Waals surface area contributed by atoms with Crippen molar-refractivity contribution < 1.29 is 48.0 Å². The maximum atomic E-state index is 13.9. The summed E-state index contributed by atoms with van der Waals surface area (Å²) in [7, 11) is -0.620. The summed E-state index contributed by atoms with van der Waals surface area (Å²) in [5.74, 6) is -4.54. The molecule has 4 aliphatic rings. The molecule has 3 saturated carbocycles. The Morgan fingerprint density at radius 1 is 0.771 bits per heavy atom. The molecule has 10 atom stereocenters. The lowest BCUT2D eigenvalue weighted by atomic mass is 9.43. The van der Waals surface area contributed by atoms with E-state index in [0.717, 1.165) is 43.2 Å². The van der Waals surface area contributed by atoms with Crippen LogP contribution in [0.5, 0.6) is 0 Å². The van der Waals surface area contributed by atoms with E-state index < -0.39 is 78.5 Å². The molecule has 2 aromatic rings. The first-order chi connectivity index (χ1) is 33.2. The number of rotatable bonds is 31. The first-order valence-corrected chi connectivity index (χ1v) is 26.2. The topological polar surface area (TPSA) is 234 Å². The molecule has 14 nitrogen and oxygen atoms in total. The highest BCUT2D eigenvalue weighted by atomic mass is 16.7. The van der Waals surface area contributed by atoms with Crippen molar-refractivity contribution in [1.29, 1.82) is 0 Å². The molecule has 1 aliphatic heterocycles.